The zero-order valence-electron chi connectivity index (χ0n) is 17.9. The van der Waals surface area contributed by atoms with Crippen LogP contribution in [0.4, 0.5) is 0 Å². The summed E-state index contributed by atoms with van der Waals surface area (Å²) in [6, 6.07) is 9.18. The quantitative estimate of drug-likeness (QED) is 0.783. The van der Waals surface area contributed by atoms with E-state index in [1.54, 1.807) is 0 Å². The predicted octanol–water partition coefficient (Wildman–Crippen LogP) is 3.39. The minimum Gasteiger partial charge on any atom is -0.395 e. The molecule has 0 unspecified atom stereocenters. The molecule has 3 atom stereocenters. The van der Waals surface area contributed by atoms with Crippen molar-refractivity contribution in [2.24, 2.45) is 11.8 Å². The molecule has 0 aromatic heterocycles. The van der Waals surface area contributed by atoms with Gasteiger partial charge < -0.3 is 10.0 Å². The molecule has 1 aromatic carbocycles. The second-order valence-corrected chi connectivity index (χ2v) is 9.72. The minimum atomic E-state index is 0.168. The summed E-state index contributed by atoms with van der Waals surface area (Å²) < 4.78 is 0. The van der Waals surface area contributed by atoms with Crippen LogP contribution in [-0.2, 0) is 4.79 Å². The molecule has 2 saturated heterocycles. The topological polar surface area (TPSA) is 43.8 Å². The second-order valence-electron chi connectivity index (χ2n) is 9.72. The van der Waals surface area contributed by atoms with E-state index in [4.69, 9.17) is 0 Å². The van der Waals surface area contributed by atoms with Crippen molar-refractivity contribution in [3.05, 3.63) is 35.4 Å². The number of hydrogen-bond acceptors (Lipinski definition) is 3. The Kier molecular flexibility index (Phi) is 5.85. The fourth-order valence-corrected chi connectivity index (χ4v) is 5.77. The van der Waals surface area contributed by atoms with Crippen molar-refractivity contribution < 1.29 is 9.90 Å². The Balaban J connectivity index is 1.32. The van der Waals surface area contributed by atoms with E-state index in [1.165, 1.54) is 31.2 Å². The highest BCUT2D eigenvalue weighted by atomic mass is 16.3. The van der Waals surface area contributed by atoms with Gasteiger partial charge in [0.15, 0.2) is 0 Å². The number of aliphatic hydroxyl groups excluding tert-OH is 1. The van der Waals surface area contributed by atoms with Crippen LogP contribution in [0.3, 0.4) is 0 Å². The number of carbonyl (C=O) groups excluding carboxylic acids is 1. The molecule has 4 heteroatoms. The molecular weight excluding hydrogens is 372 g/mol. The van der Waals surface area contributed by atoms with Crippen LogP contribution >= 0.6 is 0 Å². The molecule has 30 heavy (non-hydrogen) atoms. The third-order valence-electron chi connectivity index (χ3n) is 7.68. The Morgan fingerprint density at radius 2 is 1.73 bits per heavy atom. The lowest BCUT2D eigenvalue weighted by Gasteiger charge is -2.57. The molecule has 0 spiro atoms. The van der Waals surface area contributed by atoms with Gasteiger partial charge in [-0.15, -0.1) is 0 Å². The molecule has 2 aliphatic carbocycles. The first kappa shape index (κ1) is 20.1. The van der Waals surface area contributed by atoms with Crippen LogP contribution in [0.25, 0.3) is 0 Å². The number of aliphatic hydroxyl groups is 1. The van der Waals surface area contributed by atoms with E-state index < -0.39 is 0 Å². The lowest BCUT2D eigenvalue weighted by atomic mass is 9.74. The first-order chi connectivity index (χ1) is 14.7. The van der Waals surface area contributed by atoms with Gasteiger partial charge >= 0.3 is 0 Å². The van der Waals surface area contributed by atoms with Crippen LogP contribution in [0.2, 0.25) is 0 Å². The molecule has 2 aliphatic heterocycles. The highest BCUT2D eigenvalue weighted by Crippen LogP contribution is 2.42. The summed E-state index contributed by atoms with van der Waals surface area (Å²) in [7, 11) is 0. The Morgan fingerprint density at radius 1 is 1.00 bits per heavy atom. The number of benzene rings is 1. The molecule has 2 heterocycles. The molecule has 4 aliphatic rings. The lowest BCUT2D eigenvalue weighted by molar-refractivity contribution is -0.137. The van der Waals surface area contributed by atoms with Crippen LogP contribution in [-0.4, -0.2) is 59.1 Å². The van der Waals surface area contributed by atoms with Crippen molar-refractivity contribution >= 4 is 5.91 Å². The smallest absolute Gasteiger partial charge is 0.225 e. The van der Waals surface area contributed by atoms with Crippen molar-refractivity contribution in [3.8, 4) is 11.8 Å². The largest absolute Gasteiger partial charge is 0.395 e. The Hall–Kier alpha value is -1.83. The van der Waals surface area contributed by atoms with Gasteiger partial charge in [0, 0.05) is 48.5 Å². The first-order valence-corrected chi connectivity index (χ1v) is 12.0. The van der Waals surface area contributed by atoms with Gasteiger partial charge in [0.05, 0.1) is 6.61 Å². The van der Waals surface area contributed by atoms with Gasteiger partial charge in [0.2, 0.25) is 5.91 Å². The summed E-state index contributed by atoms with van der Waals surface area (Å²) in [6.45, 7) is 2.91. The molecule has 4 fully saturated rings. The zero-order valence-corrected chi connectivity index (χ0v) is 17.9. The predicted molar refractivity (Wildman–Crippen MR) is 118 cm³/mol. The van der Waals surface area contributed by atoms with E-state index in [0.29, 0.717) is 23.8 Å². The molecule has 0 bridgehead atoms. The Morgan fingerprint density at radius 3 is 2.43 bits per heavy atom. The van der Waals surface area contributed by atoms with E-state index in [0.717, 1.165) is 50.9 Å². The maximum Gasteiger partial charge on any atom is 0.225 e. The summed E-state index contributed by atoms with van der Waals surface area (Å²) >= 11 is 0. The van der Waals surface area contributed by atoms with Crippen molar-refractivity contribution in [1.29, 1.82) is 0 Å². The third-order valence-corrected chi connectivity index (χ3v) is 7.68. The molecular formula is C26H34N2O2. The van der Waals surface area contributed by atoms with Crippen LogP contribution < -0.4 is 0 Å². The van der Waals surface area contributed by atoms with Gasteiger partial charge in [0.25, 0.3) is 0 Å². The second kappa shape index (κ2) is 8.73. The number of fused-ring (bicyclic) bond motifs is 1. The highest BCUT2D eigenvalue weighted by molar-refractivity contribution is 5.81. The van der Waals surface area contributed by atoms with Crippen LogP contribution in [0.15, 0.2) is 24.3 Å². The van der Waals surface area contributed by atoms with Gasteiger partial charge in [-0.3, -0.25) is 9.69 Å². The molecule has 160 valence electrons. The maximum absolute atomic E-state index is 12.8. The van der Waals surface area contributed by atoms with E-state index in [-0.39, 0.29) is 18.6 Å². The van der Waals surface area contributed by atoms with Gasteiger partial charge in [-0.1, -0.05) is 36.8 Å². The average molecular weight is 407 g/mol. The maximum atomic E-state index is 12.8. The fourth-order valence-electron chi connectivity index (χ4n) is 5.77. The van der Waals surface area contributed by atoms with Crippen LogP contribution in [0, 0.1) is 23.7 Å². The van der Waals surface area contributed by atoms with E-state index in [2.05, 4.69) is 45.9 Å². The monoisotopic (exact) mass is 406 g/mol. The van der Waals surface area contributed by atoms with Gasteiger partial charge in [-0.25, -0.2) is 0 Å². The standard InChI is InChI=1S/C26H34N2O2/c29-18-24-25(21-11-9-20(10-12-21)8-7-19-5-1-2-6-19)23-17-27(26(30)22-13-14-22)15-3-4-16-28(23)24/h9-12,19,22-25,29H,1-6,13-18H2/t23-,24-,25-/m0/s1. The van der Waals surface area contributed by atoms with Gasteiger partial charge in [-0.2, -0.15) is 0 Å². The van der Waals surface area contributed by atoms with Crippen molar-refractivity contribution in [2.75, 3.05) is 26.2 Å². The molecule has 0 radical (unpaired) electrons. The summed E-state index contributed by atoms with van der Waals surface area (Å²) in [5.41, 5.74) is 2.37. The van der Waals surface area contributed by atoms with E-state index in [1.807, 2.05) is 0 Å². The van der Waals surface area contributed by atoms with Crippen molar-refractivity contribution in [3.63, 3.8) is 0 Å². The summed E-state index contributed by atoms with van der Waals surface area (Å²) in [5.74, 6) is 8.33. The molecule has 1 amide bonds. The Labute approximate surface area is 180 Å². The molecule has 1 N–H and O–H groups in total. The van der Waals surface area contributed by atoms with E-state index in [9.17, 15) is 9.90 Å². The van der Waals surface area contributed by atoms with Crippen LogP contribution in [0.1, 0.15) is 68.4 Å². The summed E-state index contributed by atoms with van der Waals surface area (Å²) in [4.78, 5) is 17.3. The first-order valence-electron chi connectivity index (χ1n) is 12.0. The average Bonchev–Trinajstić information content (AvgIpc) is 3.47. The molecule has 4 nitrogen and oxygen atoms in total. The minimum absolute atomic E-state index is 0.168. The SMILES string of the molecule is O=C(C1CC1)N1CCCCN2[C@@H](CO)[C@@H](c3ccc(C#CC4CCCC4)cc3)[C@@H]2C1. The fraction of sp³-hybridized carbons (Fsp3) is 0.654. The lowest BCUT2D eigenvalue weighted by Crippen LogP contribution is -2.68. The van der Waals surface area contributed by atoms with Gasteiger partial charge in [-0.05, 0) is 62.8 Å². The number of carbonyl (C=O) groups is 1. The highest BCUT2D eigenvalue weighted by Gasteiger charge is 2.50. The van der Waals surface area contributed by atoms with Crippen molar-refractivity contribution in [1.82, 2.24) is 9.80 Å². The molecule has 1 aromatic rings. The van der Waals surface area contributed by atoms with Gasteiger partial charge in [0.1, 0.15) is 0 Å². The number of hydrogen-bond donors (Lipinski definition) is 1. The van der Waals surface area contributed by atoms with E-state index >= 15 is 0 Å². The molecule has 2 saturated carbocycles. The molecule has 5 rings (SSSR count). The number of rotatable bonds is 3. The summed E-state index contributed by atoms with van der Waals surface area (Å²) in [5, 5.41) is 10.1. The zero-order chi connectivity index (χ0) is 20.5. The number of amides is 1. The van der Waals surface area contributed by atoms with Crippen molar-refractivity contribution in [2.45, 2.75) is 69.4 Å². The van der Waals surface area contributed by atoms with Crippen LogP contribution in [0.5, 0.6) is 0 Å². The Bertz CT molecular complexity index is 814. The number of nitrogens with zero attached hydrogens (tertiary/aromatic N) is 2. The third kappa shape index (κ3) is 4.03. The normalized spacial score (nSPS) is 29.9. The summed E-state index contributed by atoms with van der Waals surface area (Å²) in [6.07, 6.45) is 9.44.